The Balaban J connectivity index is 1.90. The van der Waals surface area contributed by atoms with E-state index in [1.165, 1.54) is 12.1 Å². The Kier molecular flexibility index (Phi) is 2.94. The molecule has 2 unspecified atom stereocenters. The van der Waals surface area contributed by atoms with E-state index in [1.54, 1.807) is 6.07 Å². The van der Waals surface area contributed by atoms with Crippen molar-refractivity contribution in [2.24, 2.45) is 5.92 Å². The Morgan fingerprint density at radius 3 is 3.00 bits per heavy atom. The van der Waals surface area contributed by atoms with E-state index in [2.05, 4.69) is 22.4 Å². The lowest BCUT2D eigenvalue weighted by Crippen LogP contribution is -2.16. The van der Waals surface area contributed by atoms with E-state index in [0.29, 0.717) is 23.2 Å². The summed E-state index contributed by atoms with van der Waals surface area (Å²) in [5, 5.41) is 16.3. The minimum Gasteiger partial charge on any atom is -0.505 e. The van der Waals surface area contributed by atoms with Crippen LogP contribution in [0.3, 0.4) is 0 Å². The Morgan fingerprint density at radius 1 is 1.47 bits per heavy atom. The summed E-state index contributed by atoms with van der Waals surface area (Å²) >= 11 is 0. The van der Waals surface area contributed by atoms with E-state index in [-0.39, 0.29) is 6.04 Å². The van der Waals surface area contributed by atoms with Crippen LogP contribution < -0.4 is 5.32 Å². The number of nitrogens with zero attached hydrogens (tertiary/aromatic N) is 2. The molecule has 0 spiro atoms. The smallest absolute Gasteiger partial charge is 0.244 e. The van der Waals surface area contributed by atoms with Crippen LogP contribution in [0.1, 0.15) is 25.3 Å². The third-order valence-electron chi connectivity index (χ3n) is 3.45. The molecule has 2 heterocycles. The van der Waals surface area contributed by atoms with Gasteiger partial charge in [-0.15, -0.1) is 0 Å². The van der Waals surface area contributed by atoms with E-state index in [1.807, 2.05) is 0 Å². The molecule has 2 atom stereocenters. The van der Waals surface area contributed by atoms with Crippen LogP contribution in [-0.4, -0.2) is 21.8 Å². The van der Waals surface area contributed by atoms with Gasteiger partial charge in [-0.2, -0.15) is 4.98 Å². The summed E-state index contributed by atoms with van der Waals surface area (Å²) in [5.74, 6) is 0.197. The predicted molar refractivity (Wildman–Crippen MR) is 65.9 cm³/mol. The third-order valence-corrected chi connectivity index (χ3v) is 3.45. The molecule has 100 valence electrons. The van der Waals surface area contributed by atoms with Gasteiger partial charge in [0.2, 0.25) is 11.7 Å². The SMILES string of the molecule is CC1CCNC1c1nc(-c2ccc(O)c(F)c2)no1. The second kappa shape index (κ2) is 4.62. The first-order valence-electron chi connectivity index (χ1n) is 6.21. The Hall–Kier alpha value is -1.95. The maximum atomic E-state index is 13.3. The van der Waals surface area contributed by atoms with Crippen molar-refractivity contribution in [1.82, 2.24) is 15.5 Å². The fraction of sp³-hybridized carbons (Fsp3) is 0.385. The van der Waals surface area contributed by atoms with Crippen molar-refractivity contribution in [3.05, 3.63) is 29.9 Å². The second-order valence-corrected chi connectivity index (χ2v) is 4.82. The van der Waals surface area contributed by atoms with E-state index in [9.17, 15) is 4.39 Å². The Morgan fingerprint density at radius 2 is 2.32 bits per heavy atom. The fourth-order valence-corrected chi connectivity index (χ4v) is 2.29. The molecule has 0 radical (unpaired) electrons. The second-order valence-electron chi connectivity index (χ2n) is 4.82. The topological polar surface area (TPSA) is 71.2 Å². The lowest BCUT2D eigenvalue weighted by atomic mass is 10.0. The molecular weight excluding hydrogens is 249 g/mol. The van der Waals surface area contributed by atoms with Crippen molar-refractivity contribution in [3.8, 4) is 17.1 Å². The standard InChI is InChI=1S/C13H14FN3O2/c1-7-4-5-15-11(7)13-16-12(17-19-13)8-2-3-10(18)9(14)6-8/h2-3,6-7,11,15,18H,4-5H2,1H3. The highest BCUT2D eigenvalue weighted by molar-refractivity contribution is 5.55. The van der Waals surface area contributed by atoms with Gasteiger partial charge in [-0.1, -0.05) is 12.1 Å². The van der Waals surface area contributed by atoms with Gasteiger partial charge in [0.15, 0.2) is 11.6 Å². The molecule has 5 nitrogen and oxygen atoms in total. The van der Waals surface area contributed by atoms with Gasteiger partial charge in [0.05, 0.1) is 6.04 Å². The molecule has 1 aliphatic heterocycles. The molecule has 1 saturated heterocycles. The van der Waals surface area contributed by atoms with Gasteiger partial charge in [-0.3, -0.25) is 0 Å². The van der Waals surface area contributed by atoms with Crippen molar-refractivity contribution in [1.29, 1.82) is 0 Å². The number of nitrogens with one attached hydrogen (secondary N) is 1. The quantitative estimate of drug-likeness (QED) is 0.869. The van der Waals surface area contributed by atoms with Crippen LogP contribution in [-0.2, 0) is 0 Å². The fourth-order valence-electron chi connectivity index (χ4n) is 2.29. The number of aromatic nitrogens is 2. The molecule has 3 rings (SSSR count). The zero-order valence-corrected chi connectivity index (χ0v) is 10.4. The maximum Gasteiger partial charge on any atom is 0.244 e. The van der Waals surface area contributed by atoms with Crippen molar-refractivity contribution in [3.63, 3.8) is 0 Å². The Labute approximate surface area is 109 Å². The third kappa shape index (κ3) is 2.19. The normalized spacial score (nSPS) is 22.8. The number of phenols is 1. The lowest BCUT2D eigenvalue weighted by molar-refractivity contribution is 0.319. The number of halogens is 1. The van der Waals surface area contributed by atoms with E-state index < -0.39 is 11.6 Å². The summed E-state index contributed by atoms with van der Waals surface area (Å²) in [6.07, 6.45) is 1.07. The molecule has 2 N–H and O–H groups in total. The molecule has 19 heavy (non-hydrogen) atoms. The van der Waals surface area contributed by atoms with Crippen molar-refractivity contribution in [2.75, 3.05) is 6.54 Å². The summed E-state index contributed by atoms with van der Waals surface area (Å²) in [5.41, 5.74) is 0.482. The number of benzene rings is 1. The molecule has 1 aliphatic rings. The van der Waals surface area contributed by atoms with E-state index >= 15 is 0 Å². The molecule has 0 saturated carbocycles. The number of hydrogen-bond acceptors (Lipinski definition) is 5. The number of phenolic OH excluding ortho intramolecular Hbond substituents is 1. The Bertz CT molecular complexity index is 599. The summed E-state index contributed by atoms with van der Waals surface area (Å²) in [4.78, 5) is 4.30. The van der Waals surface area contributed by atoms with Gasteiger partial charge >= 0.3 is 0 Å². The monoisotopic (exact) mass is 263 g/mol. The van der Waals surface area contributed by atoms with E-state index in [0.717, 1.165) is 13.0 Å². The summed E-state index contributed by atoms with van der Waals surface area (Å²) in [7, 11) is 0. The van der Waals surface area contributed by atoms with Gasteiger partial charge in [-0.05, 0) is 37.1 Å². The summed E-state index contributed by atoms with van der Waals surface area (Å²) < 4.78 is 18.5. The van der Waals surface area contributed by atoms with Gasteiger partial charge < -0.3 is 14.9 Å². The van der Waals surface area contributed by atoms with E-state index in [4.69, 9.17) is 9.63 Å². The average Bonchev–Trinajstić information content (AvgIpc) is 3.01. The van der Waals surface area contributed by atoms with Gasteiger partial charge in [0, 0.05) is 5.56 Å². The molecule has 0 amide bonds. The van der Waals surface area contributed by atoms with Crippen molar-refractivity contribution < 1.29 is 14.0 Å². The van der Waals surface area contributed by atoms with Gasteiger partial charge in [0.25, 0.3) is 0 Å². The lowest BCUT2D eigenvalue weighted by Gasteiger charge is -2.09. The first-order chi connectivity index (χ1) is 9.15. The predicted octanol–water partition coefficient (Wildman–Crippen LogP) is 2.25. The zero-order chi connectivity index (χ0) is 13.4. The molecule has 6 heteroatoms. The van der Waals surface area contributed by atoms with Crippen molar-refractivity contribution >= 4 is 0 Å². The largest absolute Gasteiger partial charge is 0.505 e. The molecule has 1 aromatic carbocycles. The minimum absolute atomic E-state index is 0.0585. The molecule has 0 bridgehead atoms. The first-order valence-corrected chi connectivity index (χ1v) is 6.21. The highest BCUT2D eigenvalue weighted by Gasteiger charge is 2.29. The van der Waals surface area contributed by atoms with Gasteiger partial charge in [0.1, 0.15) is 0 Å². The summed E-state index contributed by atoms with van der Waals surface area (Å²) in [6, 6.07) is 4.08. The molecule has 0 aliphatic carbocycles. The molecule has 1 aromatic heterocycles. The van der Waals surface area contributed by atoms with Crippen LogP contribution in [0.2, 0.25) is 0 Å². The average molecular weight is 263 g/mol. The zero-order valence-electron chi connectivity index (χ0n) is 10.4. The highest BCUT2D eigenvalue weighted by Crippen LogP contribution is 2.29. The number of hydrogen-bond donors (Lipinski definition) is 2. The van der Waals surface area contributed by atoms with Crippen LogP contribution in [0, 0.1) is 11.7 Å². The van der Waals surface area contributed by atoms with Gasteiger partial charge in [-0.25, -0.2) is 4.39 Å². The van der Waals surface area contributed by atoms with Crippen LogP contribution in [0.4, 0.5) is 4.39 Å². The summed E-state index contributed by atoms with van der Waals surface area (Å²) in [6.45, 7) is 3.05. The molecule has 2 aromatic rings. The molecular formula is C13H14FN3O2. The number of rotatable bonds is 2. The maximum absolute atomic E-state index is 13.3. The van der Waals surface area contributed by atoms with Crippen LogP contribution in [0.15, 0.2) is 22.7 Å². The minimum atomic E-state index is -0.698. The number of aromatic hydroxyl groups is 1. The highest BCUT2D eigenvalue weighted by atomic mass is 19.1. The van der Waals surface area contributed by atoms with Crippen LogP contribution >= 0.6 is 0 Å². The first kappa shape index (κ1) is 12.1. The molecule has 1 fully saturated rings. The van der Waals surface area contributed by atoms with Crippen LogP contribution in [0.25, 0.3) is 11.4 Å². The van der Waals surface area contributed by atoms with Crippen molar-refractivity contribution in [2.45, 2.75) is 19.4 Å². The van der Waals surface area contributed by atoms with Crippen LogP contribution in [0.5, 0.6) is 5.75 Å².